The molecule has 0 unspecified atom stereocenters. The average Bonchev–Trinajstić information content (AvgIpc) is 0.851. The third kappa shape index (κ3) is 10.5. The molecule has 106 heavy (non-hydrogen) atoms. The highest BCUT2D eigenvalue weighted by Crippen LogP contribution is 2.48. The number of nitrogens with zero attached hydrogens (tertiary/aromatic N) is 3. The third-order valence-electron chi connectivity index (χ3n) is 22.6. The predicted molar refractivity (Wildman–Crippen MR) is 457 cm³/mol. The zero-order chi connectivity index (χ0) is 71.0. The van der Waals surface area contributed by atoms with Gasteiger partial charge in [-0.15, -0.1) is 0 Å². The molecular formula is C100H76BN3Si2. The summed E-state index contributed by atoms with van der Waals surface area (Å²) in [5.41, 5.74) is 25.9. The van der Waals surface area contributed by atoms with Gasteiger partial charge in [-0.05, 0) is 185 Å². The molecule has 6 heteroatoms. The van der Waals surface area contributed by atoms with Gasteiger partial charge in [0.05, 0.1) is 16.7 Å². The first kappa shape index (κ1) is 64.3. The van der Waals surface area contributed by atoms with Crippen molar-refractivity contribution in [2.24, 2.45) is 0 Å². The van der Waals surface area contributed by atoms with Crippen molar-refractivity contribution in [2.45, 2.75) is 27.7 Å². The summed E-state index contributed by atoms with van der Waals surface area (Å²) >= 11 is 0. The van der Waals surface area contributed by atoms with Crippen LogP contribution < -0.4 is 67.7 Å². The lowest BCUT2D eigenvalue weighted by molar-refractivity contribution is 1.16. The zero-order valence-electron chi connectivity index (χ0n) is 59.9. The molecule has 502 valence electrons. The van der Waals surface area contributed by atoms with E-state index in [1.807, 2.05) is 0 Å². The Labute approximate surface area is 624 Å². The predicted octanol–water partition coefficient (Wildman–Crippen LogP) is 17.9. The Bertz CT molecular complexity index is 5940. The molecule has 0 atom stereocenters. The minimum absolute atomic E-state index is 0.247. The quantitative estimate of drug-likeness (QED) is 0.0794. The van der Waals surface area contributed by atoms with Crippen molar-refractivity contribution in [1.29, 1.82) is 0 Å². The fourth-order valence-electron chi connectivity index (χ4n) is 18.2. The Morgan fingerprint density at radius 3 is 1.16 bits per heavy atom. The van der Waals surface area contributed by atoms with E-state index in [1.165, 1.54) is 113 Å². The van der Waals surface area contributed by atoms with E-state index in [2.05, 4.69) is 430 Å². The van der Waals surface area contributed by atoms with Gasteiger partial charge >= 0.3 is 0 Å². The van der Waals surface area contributed by atoms with Crippen LogP contribution in [0.25, 0.3) is 60.9 Å². The van der Waals surface area contributed by atoms with Crippen LogP contribution in [0.15, 0.2) is 388 Å². The molecule has 0 fully saturated rings. The lowest BCUT2D eigenvalue weighted by Gasteiger charge is -2.45. The summed E-state index contributed by atoms with van der Waals surface area (Å²) < 4.78 is 2.54. The number of aryl methyl sites for hydroxylation is 4. The molecule has 1 aromatic heterocycles. The van der Waals surface area contributed by atoms with Crippen LogP contribution >= 0.6 is 0 Å². The van der Waals surface area contributed by atoms with Gasteiger partial charge in [0.2, 0.25) is 0 Å². The van der Waals surface area contributed by atoms with Crippen LogP contribution in [0.2, 0.25) is 0 Å². The maximum atomic E-state index is 2.69. The number of para-hydroxylation sites is 2. The highest BCUT2D eigenvalue weighted by Gasteiger charge is 2.48. The summed E-state index contributed by atoms with van der Waals surface area (Å²) in [6, 6.07) is 149. The standard InChI is InChI=1S/C100H76BN3Si2/c1-69-51-52-72(4)91(60-69)75-54-56-97-93(64-75)101-92-63-74(76-58-70(2)57-71(3)59-76)53-55-96(92)102(78-33-30-46-87(65-78)105(81-34-14-6-15-35-81,82-36-16-7-17-37-82)83-38-18-8-19-39-83)98-67-80(103-94-49-28-26-47-89(94)90-48-27-29-50-95(90)103)68-99(100(98)101)104(97)79-61-77(73-31-12-5-13-32-73)62-88(66-79)106(84-40-20-9-21-41-84,85-42-22-10-23-43-85)86-44-24-11-25-45-86/h5-68H,1-4H3. The summed E-state index contributed by atoms with van der Waals surface area (Å²) in [5.74, 6) is 0. The molecule has 0 amide bonds. The Hall–Kier alpha value is -12.6. The Morgan fingerprint density at radius 2 is 0.651 bits per heavy atom. The highest BCUT2D eigenvalue weighted by molar-refractivity contribution is 7.20. The first-order valence-electron chi connectivity index (χ1n) is 37.1. The van der Waals surface area contributed by atoms with Crippen molar-refractivity contribution in [1.82, 2.24) is 4.57 Å². The molecule has 0 saturated heterocycles. The fourth-order valence-corrected chi connectivity index (χ4v) is 27.8. The lowest BCUT2D eigenvalue weighted by Crippen LogP contribution is -2.74. The van der Waals surface area contributed by atoms with E-state index in [9.17, 15) is 0 Å². The van der Waals surface area contributed by atoms with Gasteiger partial charge in [0, 0.05) is 44.9 Å². The van der Waals surface area contributed by atoms with Crippen molar-refractivity contribution in [3.05, 3.63) is 411 Å². The minimum Gasteiger partial charge on any atom is -0.311 e. The summed E-state index contributed by atoms with van der Waals surface area (Å²) in [6.45, 7) is 8.71. The average molecular weight is 1390 g/mol. The van der Waals surface area contributed by atoms with Gasteiger partial charge in [-0.3, -0.25) is 0 Å². The van der Waals surface area contributed by atoms with Gasteiger partial charge in [0.1, 0.15) is 0 Å². The van der Waals surface area contributed by atoms with Gasteiger partial charge in [0.25, 0.3) is 6.71 Å². The smallest absolute Gasteiger partial charge is 0.252 e. The van der Waals surface area contributed by atoms with Gasteiger partial charge in [-0.1, -0.05) is 344 Å². The molecule has 17 aromatic rings. The van der Waals surface area contributed by atoms with Crippen LogP contribution in [0.3, 0.4) is 0 Å². The van der Waals surface area contributed by atoms with Gasteiger partial charge in [-0.25, -0.2) is 0 Å². The fraction of sp³-hybridized carbons (Fsp3) is 0.0400. The molecule has 2 aliphatic heterocycles. The number of hydrogen-bond acceptors (Lipinski definition) is 2. The monoisotopic (exact) mass is 1390 g/mol. The van der Waals surface area contributed by atoms with Crippen molar-refractivity contribution < 1.29 is 0 Å². The minimum atomic E-state index is -3.22. The molecule has 0 bridgehead atoms. The number of rotatable bonds is 14. The lowest BCUT2D eigenvalue weighted by atomic mass is 9.33. The second-order valence-corrected chi connectivity index (χ2v) is 36.6. The molecule has 2 aliphatic rings. The zero-order valence-corrected chi connectivity index (χ0v) is 61.9. The van der Waals surface area contributed by atoms with E-state index in [0.29, 0.717) is 0 Å². The first-order chi connectivity index (χ1) is 52.2. The summed E-state index contributed by atoms with van der Waals surface area (Å²) in [5, 5.41) is 13.0. The molecule has 16 aromatic carbocycles. The maximum absolute atomic E-state index is 3.22. The molecular weight excluding hydrogens is 1310 g/mol. The van der Waals surface area contributed by atoms with Crippen LogP contribution in [-0.2, 0) is 0 Å². The van der Waals surface area contributed by atoms with Crippen molar-refractivity contribution in [3.8, 4) is 39.1 Å². The van der Waals surface area contributed by atoms with Crippen LogP contribution in [-0.4, -0.2) is 27.4 Å². The summed E-state index contributed by atoms with van der Waals surface area (Å²) in [4.78, 5) is 5.36. The molecule has 0 radical (unpaired) electrons. The summed E-state index contributed by atoms with van der Waals surface area (Å²) in [7, 11) is -6.31. The highest BCUT2D eigenvalue weighted by atomic mass is 28.3. The maximum Gasteiger partial charge on any atom is 0.252 e. The molecule has 0 aliphatic carbocycles. The van der Waals surface area contributed by atoms with Crippen molar-refractivity contribution in [3.63, 3.8) is 0 Å². The van der Waals surface area contributed by atoms with Crippen LogP contribution in [0.4, 0.5) is 34.1 Å². The van der Waals surface area contributed by atoms with Crippen LogP contribution in [0.5, 0.6) is 0 Å². The van der Waals surface area contributed by atoms with Gasteiger partial charge < -0.3 is 14.4 Å². The Kier molecular flexibility index (Phi) is 15.9. The topological polar surface area (TPSA) is 11.4 Å². The number of aromatic nitrogens is 1. The second kappa shape index (κ2) is 26.3. The van der Waals surface area contributed by atoms with E-state index in [1.54, 1.807) is 0 Å². The SMILES string of the molecule is Cc1cc(C)cc(-c2ccc3c(c2)B2c4cc(-c5cc(C)ccc5C)ccc4N(c4cc(-c5ccccc5)cc([Si](c5ccccc5)(c5ccccc5)c5ccccc5)c4)c4cc(-n5c6ccccc6c6ccccc65)cc(c42)N3c2cccc([Si](c3ccccc3)(c3ccccc3)c3ccccc3)c2)c1. The molecule has 19 rings (SSSR count). The number of anilines is 6. The molecule has 0 saturated carbocycles. The largest absolute Gasteiger partial charge is 0.311 e. The van der Waals surface area contributed by atoms with E-state index >= 15 is 0 Å². The first-order valence-corrected chi connectivity index (χ1v) is 41.1. The van der Waals surface area contributed by atoms with E-state index < -0.39 is 16.1 Å². The number of hydrogen-bond donors (Lipinski definition) is 0. The Morgan fingerprint density at radius 1 is 0.236 bits per heavy atom. The second-order valence-electron chi connectivity index (χ2n) is 29.0. The van der Waals surface area contributed by atoms with E-state index in [4.69, 9.17) is 0 Å². The summed E-state index contributed by atoms with van der Waals surface area (Å²) in [6.07, 6.45) is 0. The van der Waals surface area contributed by atoms with Gasteiger partial charge in [-0.2, -0.15) is 0 Å². The van der Waals surface area contributed by atoms with Crippen LogP contribution in [0.1, 0.15) is 22.3 Å². The molecule has 0 N–H and O–H groups in total. The van der Waals surface area contributed by atoms with Crippen molar-refractivity contribution in [2.75, 3.05) is 9.80 Å². The molecule has 3 heterocycles. The van der Waals surface area contributed by atoms with Crippen LogP contribution in [0, 0.1) is 27.7 Å². The van der Waals surface area contributed by atoms with Crippen molar-refractivity contribution >= 4 is 137 Å². The normalized spacial score (nSPS) is 12.5. The van der Waals surface area contributed by atoms with E-state index in [0.717, 1.165) is 62.0 Å². The number of benzene rings is 16. The van der Waals surface area contributed by atoms with E-state index in [-0.39, 0.29) is 6.71 Å². The van der Waals surface area contributed by atoms with Gasteiger partial charge in [0.15, 0.2) is 16.1 Å². The third-order valence-corrected chi connectivity index (χ3v) is 32.2. The molecule has 3 nitrogen and oxygen atoms in total. The number of fused-ring (bicyclic) bond motifs is 7. The molecule has 0 spiro atoms. The Balaban J connectivity index is 0.981.